The van der Waals surface area contributed by atoms with E-state index in [9.17, 15) is 4.79 Å². The van der Waals surface area contributed by atoms with Crippen molar-refractivity contribution in [1.29, 1.82) is 0 Å². The molecule has 1 N–H and O–H groups in total. The van der Waals surface area contributed by atoms with Crippen LogP contribution in [0, 0.1) is 3.57 Å². The van der Waals surface area contributed by atoms with Gasteiger partial charge in [-0.15, -0.1) is 0 Å². The number of benzene rings is 2. The Morgan fingerprint density at radius 3 is 2.22 bits per heavy atom. The maximum Gasteiger partial charge on any atom is 0.255 e. The molecule has 0 aliphatic rings. The van der Waals surface area contributed by atoms with Gasteiger partial charge in [0, 0.05) is 14.8 Å². The van der Waals surface area contributed by atoms with E-state index >= 15 is 0 Å². The van der Waals surface area contributed by atoms with E-state index in [2.05, 4.69) is 34.8 Å². The zero-order valence-electron chi connectivity index (χ0n) is 10.1. The zero-order valence-corrected chi connectivity index (χ0v) is 12.3. The average molecular weight is 351 g/mol. The van der Waals surface area contributed by atoms with Gasteiger partial charge in [-0.25, -0.2) is 0 Å². The highest BCUT2D eigenvalue weighted by atomic mass is 127. The maximum atomic E-state index is 12.0. The summed E-state index contributed by atoms with van der Waals surface area (Å²) < 4.78 is 1.12. The van der Waals surface area contributed by atoms with E-state index in [0.29, 0.717) is 5.56 Å². The highest BCUT2D eigenvalue weighted by molar-refractivity contribution is 14.1. The number of anilines is 1. The Labute approximate surface area is 121 Å². The van der Waals surface area contributed by atoms with E-state index in [1.54, 1.807) is 0 Å². The lowest BCUT2D eigenvalue weighted by molar-refractivity contribution is 0.102. The zero-order chi connectivity index (χ0) is 13.0. The van der Waals surface area contributed by atoms with E-state index in [1.807, 2.05) is 48.5 Å². The summed E-state index contributed by atoms with van der Waals surface area (Å²) in [6, 6.07) is 15.4. The molecule has 0 aliphatic carbocycles. The Balaban J connectivity index is 2.08. The number of amides is 1. The van der Waals surface area contributed by atoms with Gasteiger partial charge in [-0.1, -0.05) is 19.1 Å². The number of hydrogen-bond donors (Lipinski definition) is 1. The van der Waals surface area contributed by atoms with E-state index in [4.69, 9.17) is 0 Å². The van der Waals surface area contributed by atoms with Gasteiger partial charge in [-0.3, -0.25) is 4.79 Å². The van der Waals surface area contributed by atoms with Crippen molar-refractivity contribution in [3.63, 3.8) is 0 Å². The van der Waals surface area contributed by atoms with Crippen LogP contribution in [0.25, 0.3) is 0 Å². The van der Waals surface area contributed by atoms with Crippen LogP contribution in [0.3, 0.4) is 0 Å². The molecule has 0 aliphatic heterocycles. The largest absolute Gasteiger partial charge is 0.322 e. The number of carbonyl (C=O) groups is 1. The van der Waals surface area contributed by atoms with Crippen molar-refractivity contribution in [2.45, 2.75) is 13.3 Å². The average Bonchev–Trinajstić information content (AvgIpc) is 2.40. The van der Waals surface area contributed by atoms with Gasteiger partial charge in [-0.2, -0.15) is 0 Å². The van der Waals surface area contributed by atoms with Gasteiger partial charge in [0.25, 0.3) is 5.91 Å². The van der Waals surface area contributed by atoms with E-state index in [1.165, 1.54) is 5.56 Å². The third kappa shape index (κ3) is 3.32. The monoisotopic (exact) mass is 351 g/mol. The lowest BCUT2D eigenvalue weighted by Crippen LogP contribution is -2.11. The van der Waals surface area contributed by atoms with E-state index in [0.717, 1.165) is 15.7 Å². The normalized spacial score (nSPS) is 10.1. The molecule has 0 spiro atoms. The number of carbonyl (C=O) groups excluding carboxylic acids is 1. The minimum absolute atomic E-state index is 0.0735. The molecule has 18 heavy (non-hydrogen) atoms. The van der Waals surface area contributed by atoms with Crippen LogP contribution in [0.5, 0.6) is 0 Å². The van der Waals surface area contributed by atoms with Crippen molar-refractivity contribution < 1.29 is 4.79 Å². The molecule has 0 atom stereocenters. The van der Waals surface area contributed by atoms with E-state index < -0.39 is 0 Å². The molecule has 0 bridgehead atoms. The van der Waals surface area contributed by atoms with Gasteiger partial charge in [0.1, 0.15) is 0 Å². The van der Waals surface area contributed by atoms with Crippen molar-refractivity contribution in [3.8, 4) is 0 Å². The van der Waals surface area contributed by atoms with Crippen LogP contribution in [0.1, 0.15) is 22.8 Å². The van der Waals surface area contributed by atoms with Gasteiger partial charge >= 0.3 is 0 Å². The van der Waals surface area contributed by atoms with Gasteiger partial charge in [0.05, 0.1) is 0 Å². The van der Waals surface area contributed by atoms with Crippen molar-refractivity contribution in [2.75, 3.05) is 5.32 Å². The van der Waals surface area contributed by atoms with Crippen LogP contribution in [0.4, 0.5) is 5.69 Å². The molecule has 3 heteroatoms. The third-order valence-corrected chi connectivity index (χ3v) is 3.45. The Morgan fingerprint density at radius 1 is 1.06 bits per heavy atom. The molecule has 2 rings (SSSR count). The van der Waals surface area contributed by atoms with E-state index in [-0.39, 0.29) is 5.91 Å². The molecule has 0 saturated heterocycles. The molecular formula is C15H14INO. The molecule has 0 aromatic heterocycles. The van der Waals surface area contributed by atoms with Crippen LogP contribution in [-0.2, 0) is 6.42 Å². The van der Waals surface area contributed by atoms with Gasteiger partial charge < -0.3 is 5.32 Å². The van der Waals surface area contributed by atoms with Crippen molar-refractivity contribution >= 4 is 34.2 Å². The first-order valence-corrected chi connectivity index (χ1v) is 6.93. The van der Waals surface area contributed by atoms with Crippen LogP contribution >= 0.6 is 22.6 Å². The van der Waals surface area contributed by atoms with Crippen LogP contribution in [-0.4, -0.2) is 5.91 Å². The first kappa shape index (κ1) is 13.1. The predicted molar refractivity (Wildman–Crippen MR) is 82.9 cm³/mol. The minimum Gasteiger partial charge on any atom is -0.322 e. The molecule has 92 valence electrons. The van der Waals surface area contributed by atoms with Crippen LogP contribution < -0.4 is 5.32 Å². The molecule has 0 fully saturated rings. The predicted octanol–water partition coefficient (Wildman–Crippen LogP) is 4.11. The second-order valence-corrected chi connectivity index (χ2v) is 5.26. The summed E-state index contributed by atoms with van der Waals surface area (Å²) in [7, 11) is 0. The number of nitrogens with one attached hydrogen (secondary N) is 1. The topological polar surface area (TPSA) is 29.1 Å². The number of halogens is 1. The molecular weight excluding hydrogens is 337 g/mol. The molecule has 0 unspecified atom stereocenters. The molecule has 2 nitrogen and oxygen atoms in total. The second kappa shape index (κ2) is 6.00. The van der Waals surface area contributed by atoms with Crippen molar-refractivity contribution in [1.82, 2.24) is 0 Å². The standard InChI is InChI=1S/C15H14INO/c1-2-11-3-9-14(10-4-11)17-15(18)12-5-7-13(16)8-6-12/h3-10H,2H2,1H3,(H,17,18). The highest BCUT2D eigenvalue weighted by Gasteiger charge is 2.05. The van der Waals surface area contributed by atoms with Crippen LogP contribution in [0.2, 0.25) is 0 Å². The molecule has 0 heterocycles. The summed E-state index contributed by atoms with van der Waals surface area (Å²) in [5.74, 6) is -0.0735. The third-order valence-electron chi connectivity index (χ3n) is 2.73. The first-order valence-electron chi connectivity index (χ1n) is 5.85. The fourth-order valence-electron chi connectivity index (χ4n) is 1.63. The molecule has 2 aromatic rings. The fourth-order valence-corrected chi connectivity index (χ4v) is 1.99. The molecule has 1 amide bonds. The lowest BCUT2D eigenvalue weighted by atomic mass is 10.1. The molecule has 0 radical (unpaired) electrons. The number of hydrogen-bond acceptors (Lipinski definition) is 1. The Hall–Kier alpha value is -1.36. The number of rotatable bonds is 3. The maximum absolute atomic E-state index is 12.0. The number of aryl methyl sites for hydroxylation is 1. The summed E-state index contributed by atoms with van der Waals surface area (Å²) in [6.07, 6.45) is 1.01. The lowest BCUT2D eigenvalue weighted by Gasteiger charge is -2.06. The second-order valence-electron chi connectivity index (χ2n) is 4.01. The molecule has 2 aromatic carbocycles. The highest BCUT2D eigenvalue weighted by Crippen LogP contribution is 2.12. The smallest absolute Gasteiger partial charge is 0.255 e. The summed E-state index contributed by atoms with van der Waals surface area (Å²) in [6.45, 7) is 2.11. The Bertz CT molecular complexity index is 531. The SMILES string of the molecule is CCc1ccc(NC(=O)c2ccc(I)cc2)cc1. The summed E-state index contributed by atoms with van der Waals surface area (Å²) in [5.41, 5.74) is 2.77. The van der Waals surface area contributed by atoms with Crippen LogP contribution in [0.15, 0.2) is 48.5 Å². The molecule has 0 saturated carbocycles. The van der Waals surface area contributed by atoms with Gasteiger partial charge in [0.2, 0.25) is 0 Å². The quantitative estimate of drug-likeness (QED) is 0.829. The fraction of sp³-hybridized carbons (Fsp3) is 0.133. The summed E-state index contributed by atoms with van der Waals surface area (Å²) in [5, 5.41) is 2.89. The Morgan fingerprint density at radius 2 is 1.67 bits per heavy atom. The van der Waals surface area contributed by atoms with Gasteiger partial charge in [-0.05, 0) is 71.0 Å². The van der Waals surface area contributed by atoms with Crippen molar-refractivity contribution in [2.24, 2.45) is 0 Å². The summed E-state index contributed by atoms with van der Waals surface area (Å²) >= 11 is 2.22. The van der Waals surface area contributed by atoms with Crippen molar-refractivity contribution in [3.05, 3.63) is 63.2 Å². The first-order chi connectivity index (χ1) is 8.69. The summed E-state index contributed by atoms with van der Waals surface area (Å²) in [4.78, 5) is 12.0. The minimum atomic E-state index is -0.0735. The Kier molecular flexibility index (Phi) is 4.36. The van der Waals surface area contributed by atoms with Gasteiger partial charge in [0.15, 0.2) is 0 Å².